The lowest BCUT2D eigenvalue weighted by Crippen LogP contribution is -2.28. The van der Waals surface area contributed by atoms with Gasteiger partial charge >= 0.3 is 5.97 Å². The zero-order valence-corrected chi connectivity index (χ0v) is 13.2. The van der Waals surface area contributed by atoms with Gasteiger partial charge in [-0.2, -0.15) is 0 Å². The molecule has 1 heterocycles. The van der Waals surface area contributed by atoms with Gasteiger partial charge in [-0.05, 0) is 40.3 Å². The van der Waals surface area contributed by atoms with Crippen molar-refractivity contribution in [3.8, 4) is 0 Å². The maximum absolute atomic E-state index is 11.9. The van der Waals surface area contributed by atoms with Gasteiger partial charge in [-0.15, -0.1) is 0 Å². The highest BCUT2D eigenvalue weighted by molar-refractivity contribution is 9.10. The summed E-state index contributed by atoms with van der Waals surface area (Å²) in [4.78, 5) is 26.4. The molecule has 0 aliphatic heterocycles. The van der Waals surface area contributed by atoms with Crippen LogP contribution in [0.4, 0.5) is 0 Å². The molecule has 1 rings (SSSR count). The molecule has 0 saturated carbocycles. The van der Waals surface area contributed by atoms with Gasteiger partial charge in [0.2, 0.25) is 0 Å². The van der Waals surface area contributed by atoms with E-state index in [1.807, 2.05) is 13.8 Å². The van der Waals surface area contributed by atoms with E-state index in [1.165, 1.54) is 6.20 Å². The molecule has 0 bridgehead atoms. The van der Waals surface area contributed by atoms with Crippen molar-refractivity contribution in [3.63, 3.8) is 0 Å². The zero-order valence-electron chi connectivity index (χ0n) is 11.6. The molecule has 0 atom stereocenters. The highest BCUT2D eigenvalue weighted by Gasteiger charge is 2.19. The standard InChI is InChI=1S/C14H19BrN2O3/c1-14(2,4-3-12(18)19)5-6-17-13(20)10-7-11(15)9-16-8-10/h7-9H,3-6H2,1-2H3,(H,17,20)(H,18,19). The predicted molar refractivity (Wildman–Crippen MR) is 79.5 cm³/mol. The van der Waals surface area contributed by atoms with E-state index < -0.39 is 5.97 Å². The lowest BCUT2D eigenvalue weighted by molar-refractivity contribution is -0.137. The van der Waals surface area contributed by atoms with Gasteiger partial charge in [-0.1, -0.05) is 13.8 Å². The van der Waals surface area contributed by atoms with Gasteiger partial charge in [-0.3, -0.25) is 14.6 Å². The van der Waals surface area contributed by atoms with E-state index in [2.05, 4.69) is 26.2 Å². The molecule has 20 heavy (non-hydrogen) atoms. The Balaban J connectivity index is 2.40. The Morgan fingerprint density at radius 2 is 2.05 bits per heavy atom. The quantitative estimate of drug-likeness (QED) is 0.798. The summed E-state index contributed by atoms with van der Waals surface area (Å²) in [6.07, 6.45) is 4.60. The van der Waals surface area contributed by atoms with Gasteiger partial charge in [-0.25, -0.2) is 0 Å². The Kier molecular flexibility index (Phi) is 6.13. The molecule has 1 amide bonds. The maximum atomic E-state index is 11.9. The third kappa shape index (κ3) is 6.14. The van der Waals surface area contributed by atoms with E-state index in [4.69, 9.17) is 5.11 Å². The molecule has 1 aromatic rings. The van der Waals surface area contributed by atoms with E-state index in [9.17, 15) is 9.59 Å². The highest BCUT2D eigenvalue weighted by atomic mass is 79.9. The minimum atomic E-state index is -0.790. The summed E-state index contributed by atoms with van der Waals surface area (Å²) >= 11 is 3.27. The number of carboxylic acid groups (broad SMARTS) is 1. The van der Waals surface area contributed by atoms with Crippen LogP contribution >= 0.6 is 15.9 Å². The number of hydrogen-bond acceptors (Lipinski definition) is 3. The SMILES string of the molecule is CC(C)(CCNC(=O)c1cncc(Br)c1)CCC(=O)O. The van der Waals surface area contributed by atoms with Crippen molar-refractivity contribution in [2.24, 2.45) is 5.41 Å². The topological polar surface area (TPSA) is 79.3 Å². The molecule has 0 fully saturated rings. The van der Waals surface area contributed by atoms with Crippen molar-refractivity contribution in [3.05, 3.63) is 28.5 Å². The predicted octanol–water partition coefficient (Wildman–Crippen LogP) is 2.86. The molecule has 110 valence electrons. The van der Waals surface area contributed by atoms with Crippen LogP contribution in [0.1, 0.15) is 43.5 Å². The fourth-order valence-corrected chi connectivity index (χ4v) is 2.09. The smallest absolute Gasteiger partial charge is 0.303 e. The van der Waals surface area contributed by atoms with Crippen molar-refractivity contribution in [2.45, 2.75) is 33.1 Å². The molecule has 0 saturated heterocycles. The number of aliphatic carboxylic acids is 1. The maximum Gasteiger partial charge on any atom is 0.303 e. The highest BCUT2D eigenvalue weighted by Crippen LogP contribution is 2.26. The number of amides is 1. The summed E-state index contributed by atoms with van der Waals surface area (Å²) in [5, 5.41) is 11.5. The molecular weight excluding hydrogens is 324 g/mol. The monoisotopic (exact) mass is 342 g/mol. The largest absolute Gasteiger partial charge is 0.481 e. The second-order valence-electron chi connectivity index (χ2n) is 5.46. The van der Waals surface area contributed by atoms with Gasteiger partial charge < -0.3 is 10.4 Å². The first-order valence-corrected chi connectivity index (χ1v) is 7.20. The van der Waals surface area contributed by atoms with Crippen molar-refractivity contribution < 1.29 is 14.7 Å². The number of pyridine rings is 1. The molecule has 0 aromatic carbocycles. The number of nitrogens with one attached hydrogen (secondary N) is 1. The average molecular weight is 343 g/mol. The number of hydrogen-bond donors (Lipinski definition) is 2. The summed E-state index contributed by atoms with van der Waals surface area (Å²) in [6, 6.07) is 1.71. The van der Waals surface area contributed by atoms with Crippen LogP contribution in [-0.4, -0.2) is 28.5 Å². The van der Waals surface area contributed by atoms with Crippen molar-refractivity contribution in [1.82, 2.24) is 10.3 Å². The zero-order chi connectivity index (χ0) is 15.2. The second-order valence-corrected chi connectivity index (χ2v) is 6.37. The normalized spacial score (nSPS) is 11.2. The first-order chi connectivity index (χ1) is 9.30. The number of aromatic nitrogens is 1. The lowest BCUT2D eigenvalue weighted by Gasteiger charge is -2.23. The van der Waals surface area contributed by atoms with Crippen LogP contribution in [0.3, 0.4) is 0 Å². The number of carbonyl (C=O) groups excluding carboxylic acids is 1. The van der Waals surface area contributed by atoms with Crippen LogP contribution in [0.2, 0.25) is 0 Å². The molecule has 0 aliphatic carbocycles. The first kappa shape index (κ1) is 16.6. The Hall–Kier alpha value is -1.43. The number of carboxylic acids is 1. The number of rotatable bonds is 7. The fraction of sp³-hybridized carbons (Fsp3) is 0.500. The number of halogens is 1. The molecule has 0 spiro atoms. The van der Waals surface area contributed by atoms with Crippen LogP contribution in [-0.2, 0) is 4.79 Å². The average Bonchev–Trinajstić information content (AvgIpc) is 2.36. The Labute approximate surface area is 126 Å². The van der Waals surface area contributed by atoms with Gasteiger partial charge in [0.05, 0.1) is 5.56 Å². The molecule has 2 N–H and O–H groups in total. The summed E-state index contributed by atoms with van der Waals surface area (Å²) in [7, 11) is 0. The summed E-state index contributed by atoms with van der Waals surface area (Å²) in [5.74, 6) is -0.963. The lowest BCUT2D eigenvalue weighted by atomic mass is 9.84. The molecule has 6 heteroatoms. The molecule has 1 aromatic heterocycles. The van der Waals surface area contributed by atoms with Crippen LogP contribution < -0.4 is 5.32 Å². The van der Waals surface area contributed by atoms with E-state index in [1.54, 1.807) is 12.3 Å². The number of carbonyl (C=O) groups is 2. The third-order valence-corrected chi connectivity index (χ3v) is 3.50. The van der Waals surface area contributed by atoms with Crippen LogP contribution in [0.5, 0.6) is 0 Å². The summed E-state index contributed by atoms with van der Waals surface area (Å²) < 4.78 is 0.756. The van der Waals surface area contributed by atoms with Crippen molar-refractivity contribution in [1.29, 1.82) is 0 Å². The molecule has 0 unspecified atom stereocenters. The minimum Gasteiger partial charge on any atom is -0.481 e. The molecule has 5 nitrogen and oxygen atoms in total. The van der Waals surface area contributed by atoms with Gasteiger partial charge in [0, 0.05) is 29.8 Å². The van der Waals surface area contributed by atoms with Gasteiger partial charge in [0.15, 0.2) is 0 Å². The first-order valence-electron chi connectivity index (χ1n) is 6.41. The van der Waals surface area contributed by atoms with Gasteiger partial charge in [0.25, 0.3) is 5.91 Å². The van der Waals surface area contributed by atoms with Crippen LogP contribution in [0.25, 0.3) is 0 Å². The Morgan fingerprint density at radius 1 is 1.35 bits per heavy atom. The van der Waals surface area contributed by atoms with Crippen molar-refractivity contribution >= 4 is 27.8 Å². The fourth-order valence-electron chi connectivity index (χ4n) is 1.72. The molecule has 0 aliphatic rings. The second kappa shape index (κ2) is 7.38. The van der Waals surface area contributed by atoms with Crippen LogP contribution in [0, 0.1) is 5.41 Å². The molecule has 0 radical (unpaired) electrons. The molecular formula is C14H19BrN2O3. The Morgan fingerprint density at radius 3 is 2.65 bits per heavy atom. The van der Waals surface area contributed by atoms with Crippen LogP contribution in [0.15, 0.2) is 22.9 Å². The van der Waals surface area contributed by atoms with E-state index in [0.29, 0.717) is 18.5 Å². The number of nitrogens with zero attached hydrogens (tertiary/aromatic N) is 1. The van der Waals surface area contributed by atoms with Gasteiger partial charge in [0.1, 0.15) is 0 Å². The summed E-state index contributed by atoms with van der Waals surface area (Å²) in [5.41, 5.74) is 0.393. The van der Waals surface area contributed by atoms with E-state index in [-0.39, 0.29) is 17.7 Å². The van der Waals surface area contributed by atoms with Crippen molar-refractivity contribution in [2.75, 3.05) is 6.54 Å². The third-order valence-electron chi connectivity index (χ3n) is 3.07. The minimum absolute atomic E-state index is 0.110. The van der Waals surface area contributed by atoms with E-state index >= 15 is 0 Å². The van der Waals surface area contributed by atoms with E-state index in [0.717, 1.165) is 10.9 Å². The Bertz CT molecular complexity index is 489. The summed E-state index contributed by atoms with van der Waals surface area (Å²) in [6.45, 7) is 4.52.